The van der Waals surface area contributed by atoms with Gasteiger partial charge < -0.3 is 16.2 Å². The second-order valence-corrected chi connectivity index (χ2v) is 4.49. The van der Waals surface area contributed by atoms with Crippen LogP contribution in [0.1, 0.15) is 25.7 Å². The molecule has 2 saturated carbocycles. The van der Waals surface area contributed by atoms with Crippen LogP contribution in [-0.4, -0.2) is 30.3 Å². The SMILES string of the molecule is CN[C@H]1C2CCCCC2[C@@H](N)[C@H]1O. The van der Waals surface area contributed by atoms with Crippen LogP contribution in [0, 0.1) is 11.8 Å². The highest BCUT2D eigenvalue weighted by Gasteiger charge is 2.47. The minimum absolute atomic E-state index is 0.00255. The summed E-state index contributed by atoms with van der Waals surface area (Å²) in [7, 11) is 1.93. The lowest BCUT2D eigenvalue weighted by atomic mass is 9.79. The van der Waals surface area contributed by atoms with E-state index in [1.807, 2.05) is 7.05 Å². The van der Waals surface area contributed by atoms with Gasteiger partial charge in [0.05, 0.1) is 6.10 Å². The molecule has 4 N–H and O–H groups in total. The zero-order valence-corrected chi connectivity index (χ0v) is 8.24. The summed E-state index contributed by atoms with van der Waals surface area (Å²) in [5.74, 6) is 1.17. The molecule has 0 spiro atoms. The third kappa shape index (κ3) is 1.39. The Morgan fingerprint density at radius 1 is 1.23 bits per heavy atom. The summed E-state index contributed by atoms with van der Waals surface area (Å²) in [4.78, 5) is 0. The van der Waals surface area contributed by atoms with Gasteiger partial charge in [-0.2, -0.15) is 0 Å². The topological polar surface area (TPSA) is 58.3 Å². The first-order valence-electron chi connectivity index (χ1n) is 5.36. The molecular formula is C10H20N2O. The molecule has 2 rings (SSSR count). The number of fused-ring (bicyclic) bond motifs is 1. The number of aliphatic hydroxyl groups is 1. The predicted octanol–water partition coefficient (Wildman–Crippen LogP) is 0.0826. The summed E-state index contributed by atoms with van der Waals surface area (Å²) in [6.45, 7) is 0. The Labute approximate surface area is 79.7 Å². The average molecular weight is 184 g/mol. The van der Waals surface area contributed by atoms with Gasteiger partial charge in [0.15, 0.2) is 0 Å². The first kappa shape index (κ1) is 9.44. The zero-order chi connectivity index (χ0) is 9.42. The quantitative estimate of drug-likeness (QED) is 0.541. The van der Waals surface area contributed by atoms with E-state index in [0.717, 1.165) is 0 Å². The van der Waals surface area contributed by atoms with Crippen LogP contribution in [0.25, 0.3) is 0 Å². The molecule has 2 aliphatic carbocycles. The Kier molecular flexibility index (Phi) is 2.58. The molecule has 3 heteroatoms. The number of rotatable bonds is 1. The maximum absolute atomic E-state index is 9.90. The fourth-order valence-corrected chi connectivity index (χ4v) is 3.24. The molecule has 2 fully saturated rings. The fraction of sp³-hybridized carbons (Fsp3) is 1.00. The highest BCUT2D eigenvalue weighted by atomic mass is 16.3. The third-order valence-electron chi connectivity index (χ3n) is 3.93. The number of hydrogen-bond acceptors (Lipinski definition) is 3. The summed E-state index contributed by atoms with van der Waals surface area (Å²) in [6.07, 6.45) is 4.71. The lowest BCUT2D eigenvalue weighted by Gasteiger charge is -2.29. The lowest BCUT2D eigenvalue weighted by molar-refractivity contribution is 0.127. The van der Waals surface area contributed by atoms with Gasteiger partial charge in [-0.15, -0.1) is 0 Å². The van der Waals surface area contributed by atoms with E-state index in [2.05, 4.69) is 5.32 Å². The molecule has 0 radical (unpaired) electrons. The van der Waals surface area contributed by atoms with Gasteiger partial charge in [-0.05, 0) is 31.7 Å². The summed E-state index contributed by atoms with van der Waals surface area (Å²) in [6, 6.07) is 0.239. The minimum Gasteiger partial charge on any atom is -0.390 e. The Hall–Kier alpha value is -0.120. The molecule has 0 aromatic carbocycles. The summed E-state index contributed by atoms with van der Waals surface area (Å²) >= 11 is 0. The Morgan fingerprint density at radius 3 is 2.46 bits per heavy atom. The molecule has 2 aliphatic rings. The number of nitrogens with two attached hydrogens (primary N) is 1. The summed E-state index contributed by atoms with van der Waals surface area (Å²) in [5, 5.41) is 13.1. The normalized spacial score (nSPS) is 50.5. The fourth-order valence-electron chi connectivity index (χ4n) is 3.24. The number of nitrogens with one attached hydrogen (secondary N) is 1. The van der Waals surface area contributed by atoms with Gasteiger partial charge in [0.25, 0.3) is 0 Å². The van der Waals surface area contributed by atoms with Gasteiger partial charge in [0, 0.05) is 12.1 Å². The molecule has 76 valence electrons. The molecule has 5 atom stereocenters. The van der Waals surface area contributed by atoms with Crippen molar-refractivity contribution >= 4 is 0 Å². The van der Waals surface area contributed by atoms with Crippen LogP contribution in [0.3, 0.4) is 0 Å². The number of aliphatic hydroxyl groups excluding tert-OH is 1. The van der Waals surface area contributed by atoms with Crippen LogP contribution in [-0.2, 0) is 0 Å². The van der Waals surface area contributed by atoms with Crippen LogP contribution in [0.2, 0.25) is 0 Å². The van der Waals surface area contributed by atoms with E-state index in [-0.39, 0.29) is 18.2 Å². The van der Waals surface area contributed by atoms with Crippen molar-refractivity contribution in [2.24, 2.45) is 17.6 Å². The smallest absolute Gasteiger partial charge is 0.0849 e. The van der Waals surface area contributed by atoms with E-state index < -0.39 is 0 Å². The van der Waals surface area contributed by atoms with E-state index in [0.29, 0.717) is 11.8 Å². The molecular weight excluding hydrogens is 164 g/mol. The molecule has 0 amide bonds. The molecule has 3 nitrogen and oxygen atoms in total. The highest BCUT2D eigenvalue weighted by molar-refractivity contribution is 5.04. The van der Waals surface area contributed by atoms with Crippen molar-refractivity contribution in [3.63, 3.8) is 0 Å². The zero-order valence-electron chi connectivity index (χ0n) is 8.24. The van der Waals surface area contributed by atoms with E-state index in [4.69, 9.17) is 5.73 Å². The van der Waals surface area contributed by atoms with Gasteiger partial charge in [-0.3, -0.25) is 0 Å². The summed E-state index contributed by atoms with van der Waals surface area (Å²) < 4.78 is 0. The Bertz CT molecular complexity index is 176. The second kappa shape index (κ2) is 3.56. The van der Waals surface area contributed by atoms with Gasteiger partial charge in [0.2, 0.25) is 0 Å². The molecule has 0 aromatic rings. The first-order chi connectivity index (χ1) is 6.25. The van der Waals surface area contributed by atoms with Crippen LogP contribution in [0.15, 0.2) is 0 Å². The average Bonchev–Trinajstić information content (AvgIpc) is 2.41. The first-order valence-corrected chi connectivity index (χ1v) is 5.36. The number of hydrogen-bond donors (Lipinski definition) is 3. The van der Waals surface area contributed by atoms with Crippen LogP contribution in [0.5, 0.6) is 0 Å². The predicted molar refractivity (Wildman–Crippen MR) is 52.3 cm³/mol. The van der Waals surface area contributed by atoms with Crippen LogP contribution < -0.4 is 11.1 Å². The van der Waals surface area contributed by atoms with Gasteiger partial charge in [-0.1, -0.05) is 12.8 Å². The van der Waals surface area contributed by atoms with E-state index in [1.165, 1.54) is 25.7 Å². The molecule has 13 heavy (non-hydrogen) atoms. The van der Waals surface area contributed by atoms with Crippen molar-refractivity contribution in [2.75, 3.05) is 7.05 Å². The van der Waals surface area contributed by atoms with Gasteiger partial charge in [0.1, 0.15) is 0 Å². The van der Waals surface area contributed by atoms with Crippen molar-refractivity contribution in [1.29, 1.82) is 0 Å². The maximum atomic E-state index is 9.90. The van der Waals surface area contributed by atoms with E-state index in [1.54, 1.807) is 0 Å². The van der Waals surface area contributed by atoms with Gasteiger partial charge in [-0.25, -0.2) is 0 Å². The molecule has 2 unspecified atom stereocenters. The van der Waals surface area contributed by atoms with Crippen molar-refractivity contribution in [3.8, 4) is 0 Å². The van der Waals surface area contributed by atoms with Crippen molar-refractivity contribution in [1.82, 2.24) is 5.32 Å². The van der Waals surface area contributed by atoms with Crippen LogP contribution >= 0.6 is 0 Å². The molecule has 0 aliphatic heterocycles. The second-order valence-electron chi connectivity index (χ2n) is 4.49. The Morgan fingerprint density at radius 2 is 1.85 bits per heavy atom. The largest absolute Gasteiger partial charge is 0.390 e. The minimum atomic E-state index is -0.335. The van der Waals surface area contributed by atoms with Crippen molar-refractivity contribution in [3.05, 3.63) is 0 Å². The van der Waals surface area contributed by atoms with Crippen molar-refractivity contribution < 1.29 is 5.11 Å². The van der Waals surface area contributed by atoms with E-state index >= 15 is 0 Å². The monoisotopic (exact) mass is 184 g/mol. The molecule has 0 heterocycles. The molecule has 0 bridgehead atoms. The highest BCUT2D eigenvalue weighted by Crippen LogP contribution is 2.41. The molecule has 0 aromatic heterocycles. The molecule has 0 saturated heterocycles. The standard InChI is InChI=1S/C10H20N2O/c1-12-9-7-5-3-2-4-6(7)8(11)10(9)13/h6-10,12-13H,2-5,11H2,1H3/t6?,7?,8-,9+,10-/m1/s1. The Balaban J connectivity index is 2.14. The third-order valence-corrected chi connectivity index (χ3v) is 3.93. The van der Waals surface area contributed by atoms with Crippen molar-refractivity contribution in [2.45, 2.75) is 43.9 Å². The van der Waals surface area contributed by atoms with E-state index in [9.17, 15) is 5.11 Å². The van der Waals surface area contributed by atoms with Crippen LogP contribution in [0.4, 0.5) is 0 Å². The van der Waals surface area contributed by atoms with Gasteiger partial charge >= 0.3 is 0 Å². The summed E-state index contributed by atoms with van der Waals surface area (Å²) in [5.41, 5.74) is 6.01. The number of likely N-dealkylation sites (N-methyl/N-ethyl adjacent to an activating group) is 1. The lowest BCUT2D eigenvalue weighted by Crippen LogP contribution is -2.43. The maximum Gasteiger partial charge on any atom is 0.0849 e.